The number of anilines is 3. The molecule has 0 saturated heterocycles. The molecule has 21 heavy (non-hydrogen) atoms. The molecule has 0 aliphatic carbocycles. The highest BCUT2D eigenvalue weighted by Gasteiger charge is 2.11. The molecule has 0 spiro atoms. The van der Waals surface area contributed by atoms with Crippen molar-refractivity contribution in [2.24, 2.45) is 0 Å². The lowest BCUT2D eigenvalue weighted by atomic mass is 10.0. The maximum atomic E-state index is 4.56. The first-order valence-electron chi connectivity index (χ1n) is 6.98. The molecule has 0 bridgehead atoms. The van der Waals surface area contributed by atoms with Crippen LogP contribution in [0.15, 0.2) is 35.7 Å². The van der Waals surface area contributed by atoms with Crippen molar-refractivity contribution >= 4 is 39.0 Å². The van der Waals surface area contributed by atoms with E-state index < -0.39 is 0 Å². The molecule has 0 aliphatic rings. The molecule has 2 heterocycles. The quantitative estimate of drug-likeness (QED) is 0.739. The Bertz CT molecular complexity index is 764. The largest absolute Gasteiger partial charge is 0.357 e. The van der Waals surface area contributed by atoms with Gasteiger partial charge in [0.1, 0.15) is 10.6 Å². The van der Waals surface area contributed by atoms with Gasteiger partial charge in [-0.15, -0.1) is 11.3 Å². The third-order valence-corrected chi connectivity index (χ3v) is 4.19. The highest BCUT2D eigenvalue weighted by molar-refractivity contribution is 7.16. The van der Waals surface area contributed by atoms with E-state index in [1.807, 2.05) is 18.5 Å². The summed E-state index contributed by atoms with van der Waals surface area (Å²) in [4.78, 5) is 10.0. The van der Waals surface area contributed by atoms with E-state index in [1.54, 1.807) is 11.3 Å². The summed E-state index contributed by atoms with van der Waals surface area (Å²) in [5.74, 6) is 1.94. The van der Waals surface area contributed by atoms with Crippen molar-refractivity contribution in [2.75, 3.05) is 17.7 Å². The van der Waals surface area contributed by atoms with Gasteiger partial charge in [-0.1, -0.05) is 32.0 Å². The lowest BCUT2D eigenvalue weighted by Crippen LogP contribution is -2.03. The van der Waals surface area contributed by atoms with Crippen molar-refractivity contribution in [3.8, 4) is 0 Å². The van der Waals surface area contributed by atoms with Gasteiger partial charge in [-0.2, -0.15) is 4.98 Å². The van der Waals surface area contributed by atoms with Gasteiger partial charge < -0.3 is 10.6 Å². The first-order chi connectivity index (χ1) is 10.2. The molecule has 0 unspecified atom stereocenters. The summed E-state index contributed by atoms with van der Waals surface area (Å²) in [6.07, 6.45) is 0. The summed E-state index contributed by atoms with van der Waals surface area (Å²) in [5.41, 5.74) is 2.38. The molecule has 0 saturated carbocycles. The Balaban J connectivity index is 2.07. The Morgan fingerprint density at radius 3 is 2.67 bits per heavy atom. The number of fused-ring (bicyclic) bond motifs is 1. The summed E-state index contributed by atoms with van der Waals surface area (Å²) in [7, 11) is 1.83. The molecule has 0 radical (unpaired) electrons. The predicted molar refractivity (Wildman–Crippen MR) is 90.8 cm³/mol. The lowest BCUT2D eigenvalue weighted by Gasteiger charge is -2.15. The summed E-state index contributed by atoms with van der Waals surface area (Å²) in [6, 6.07) is 10.4. The zero-order chi connectivity index (χ0) is 14.8. The van der Waals surface area contributed by atoms with E-state index in [1.165, 1.54) is 5.56 Å². The molecule has 108 valence electrons. The van der Waals surface area contributed by atoms with E-state index in [-0.39, 0.29) is 0 Å². The van der Waals surface area contributed by atoms with Crippen LogP contribution in [0.25, 0.3) is 10.2 Å². The van der Waals surface area contributed by atoms with Crippen LogP contribution in [0.4, 0.5) is 17.5 Å². The van der Waals surface area contributed by atoms with Crippen LogP contribution in [0.3, 0.4) is 0 Å². The number of hydrogen-bond acceptors (Lipinski definition) is 5. The number of aromatic nitrogens is 2. The SMILES string of the molecule is CNc1nc(Nc2ccccc2C(C)C)c2ccsc2n1. The van der Waals surface area contributed by atoms with Gasteiger partial charge in [-0.25, -0.2) is 4.98 Å². The Morgan fingerprint density at radius 2 is 1.90 bits per heavy atom. The number of para-hydroxylation sites is 1. The fraction of sp³-hybridized carbons (Fsp3) is 0.250. The fourth-order valence-electron chi connectivity index (χ4n) is 2.30. The normalized spacial score (nSPS) is 11.0. The Morgan fingerprint density at radius 1 is 1.10 bits per heavy atom. The van der Waals surface area contributed by atoms with Crippen LogP contribution in [0.5, 0.6) is 0 Å². The molecule has 5 heteroatoms. The van der Waals surface area contributed by atoms with Crippen molar-refractivity contribution in [1.29, 1.82) is 0 Å². The number of rotatable bonds is 4. The van der Waals surface area contributed by atoms with Gasteiger partial charge in [0, 0.05) is 12.7 Å². The first kappa shape index (κ1) is 13.8. The maximum Gasteiger partial charge on any atom is 0.225 e. The molecule has 4 nitrogen and oxygen atoms in total. The molecule has 0 amide bonds. The van der Waals surface area contributed by atoms with Gasteiger partial charge in [-0.3, -0.25) is 0 Å². The van der Waals surface area contributed by atoms with E-state index in [2.05, 4.69) is 58.7 Å². The van der Waals surface area contributed by atoms with Gasteiger partial charge in [0.05, 0.1) is 5.39 Å². The second-order valence-corrected chi connectivity index (χ2v) is 6.05. The minimum atomic E-state index is 0.456. The van der Waals surface area contributed by atoms with E-state index in [9.17, 15) is 0 Å². The molecule has 3 rings (SSSR count). The third kappa shape index (κ3) is 2.69. The van der Waals surface area contributed by atoms with Crippen molar-refractivity contribution in [1.82, 2.24) is 9.97 Å². The molecule has 1 aromatic carbocycles. The zero-order valence-electron chi connectivity index (χ0n) is 12.3. The minimum Gasteiger partial charge on any atom is -0.357 e. The molecular formula is C16H18N4S. The summed E-state index contributed by atoms with van der Waals surface area (Å²) in [6.45, 7) is 4.39. The monoisotopic (exact) mass is 298 g/mol. The molecule has 3 aromatic rings. The average Bonchev–Trinajstić information content (AvgIpc) is 2.96. The number of hydrogen-bond donors (Lipinski definition) is 2. The first-order valence-corrected chi connectivity index (χ1v) is 7.86. The Labute approximate surface area is 128 Å². The highest BCUT2D eigenvalue weighted by atomic mass is 32.1. The molecule has 0 aliphatic heterocycles. The van der Waals surface area contributed by atoms with Gasteiger partial charge >= 0.3 is 0 Å². The van der Waals surface area contributed by atoms with Crippen molar-refractivity contribution < 1.29 is 0 Å². The number of nitrogens with zero attached hydrogens (tertiary/aromatic N) is 2. The number of thiophene rings is 1. The smallest absolute Gasteiger partial charge is 0.225 e. The molecular weight excluding hydrogens is 280 g/mol. The van der Waals surface area contributed by atoms with Crippen LogP contribution in [-0.4, -0.2) is 17.0 Å². The summed E-state index contributed by atoms with van der Waals surface area (Å²) >= 11 is 1.62. The standard InChI is InChI=1S/C16H18N4S/c1-10(2)11-6-4-5-7-13(11)18-14-12-8-9-21-15(12)20-16(17-3)19-14/h4-10H,1-3H3,(H2,17,18,19,20). The topological polar surface area (TPSA) is 49.8 Å². The van der Waals surface area contributed by atoms with E-state index in [4.69, 9.17) is 0 Å². The minimum absolute atomic E-state index is 0.456. The maximum absolute atomic E-state index is 4.56. The van der Waals surface area contributed by atoms with Crippen molar-refractivity contribution in [3.05, 3.63) is 41.3 Å². The third-order valence-electron chi connectivity index (χ3n) is 3.38. The van der Waals surface area contributed by atoms with Crippen LogP contribution < -0.4 is 10.6 Å². The summed E-state index contributed by atoms with van der Waals surface area (Å²) in [5, 5.41) is 9.58. The molecule has 0 fully saturated rings. The van der Waals surface area contributed by atoms with Crippen LogP contribution in [0.1, 0.15) is 25.3 Å². The van der Waals surface area contributed by atoms with Crippen LogP contribution in [0, 0.1) is 0 Å². The zero-order valence-corrected chi connectivity index (χ0v) is 13.2. The van der Waals surface area contributed by atoms with Gasteiger partial charge in [0.25, 0.3) is 0 Å². The molecule has 0 atom stereocenters. The Hall–Kier alpha value is -2.14. The average molecular weight is 298 g/mol. The molecule has 2 N–H and O–H groups in total. The second kappa shape index (κ2) is 5.69. The van der Waals surface area contributed by atoms with E-state index >= 15 is 0 Å². The van der Waals surface area contributed by atoms with Gasteiger partial charge in [-0.05, 0) is 29.0 Å². The van der Waals surface area contributed by atoms with Crippen molar-refractivity contribution in [2.45, 2.75) is 19.8 Å². The summed E-state index contributed by atoms with van der Waals surface area (Å²) < 4.78 is 0. The van der Waals surface area contributed by atoms with Gasteiger partial charge in [0.15, 0.2) is 0 Å². The van der Waals surface area contributed by atoms with Crippen LogP contribution >= 0.6 is 11.3 Å². The number of nitrogens with one attached hydrogen (secondary N) is 2. The highest BCUT2D eigenvalue weighted by Crippen LogP contribution is 2.31. The Kier molecular flexibility index (Phi) is 3.75. The van der Waals surface area contributed by atoms with Crippen LogP contribution in [-0.2, 0) is 0 Å². The number of benzene rings is 1. The lowest BCUT2D eigenvalue weighted by molar-refractivity contribution is 0.869. The van der Waals surface area contributed by atoms with E-state index in [0.29, 0.717) is 11.9 Å². The second-order valence-electron chi connectivity index (χ2n) is 5.15. The fourth-order valence-corrected chi connectivity index (χ4v) is 3.07. The molecule has 2 aromatic heterocycles. The van der Waals surface area contributed by atoms with Crippen molar-refractivity contribution in [3.63, 3.8) is 0 Å². The van der Waals surface area contributed by atoms with Crippen LogP contribution in [0.2, 0.25) is 0 Å². The van der Waals surface area contributed by atoms with E-state index in [0.717, 1.165) is 21.7 Å². The predicted octanol–water partition coefficient (Wildman–Crippen LogP) is 4.60. The van der Waals surface area contributed by atoms with Gasteiger partial charge in [0.2, 0.25) is 5.95 Å².